The number of nitrogens with zero attached hydrogens (tertiary/aromatic N) is 2. The van der Waals surface area contributed by atoms with Crippen molar-refractivity contribution in [2.45, 2.75) is 47.8 Å². The molecule has 0 aromatic carbocycles. The minimum Gasteiger partial charge on any atom is -0.301 e. The normalized spacial score (nSPS) is 23.5. The summed E-state index contributed by atoms with van der Waals surface area (Å²) in [5, 5.41) is 9.85. The van der Waals surface area contributed by atoms with E-state index in [9.17, 15) is 13.2 Å². The Hall–Kier alpha value is -0.580. The standard InChI is InChI=1S/C10H15BrN4O3S2/c1-6(16)12-9-13-14-10(19-9)20(17,18)15-8-5-3-2-4-7(8)11/h7-8,15H,2-5H2,1H3,(H,12,13,16). The minimum atomic E-state index is -3.69. The molecule has 2 N–H and O–H groups in total. The predicted molar refractivity (Wildman–Crippen MR) is 79.5 cm³/mol. The van der Waals surface area contributed by atoms with Gasteiger partial charge in [-0.05, 0) is 12.8 Å². The van der Waals surface area contributed by atoms with E-state index in [0.717, 1.165) is 37.0 Å². The van der Waals surface area contributed by atoms with Crippen LogP contribution in [0.15, 0.2) is 4.34 Å². The molecule has 7 nitrogen and oxygen atoms in total. The summed E-state index contributed by atoms with van der Waals surface area (Å²) >= 11 is 4.34. The van der Waals surface area contributed by atoms with Crippen molar-refractivity contribution in [2.75, 3.05) is 5.32 Å². The van der Waals surface area contributed by atoms with Crippen molar-refractivity contribution in [2.24, 2.45) is 0 Å². The lowest BCUT2D eigenvalue weighted by atomic mass is 9.96. The van der Waals surface area contributed by atoms with Gasteiger partial charge in [0.2, 0.25) is 15.4 Å². The number of carbonyl (C=O) groups is 1. The highest BCUT2D eigenvalue weighted by molar-refractivity contribution is 9.09. The molecule has 1 fully saturated rings. The van der Waals surface area contributed by atoms with Gasteiger partial charge in [-0.1, -0.05) is 40.1 Å². The molecule has 1 aromatic heterocycles. The maximum absolute atomic E-state index is 12.2. The van der Waals surface area contributed by atoms with Gasteiger partial charge in [0.15, 0.2) is 0 Å². The first-order valence-electron chi connectivity index (χ1n) is 6.16. The Morgan fingerprint density at radius 1 is 1.35 bits per heavy atom. The summed E-state index contributed by atoms with van der Waals surface area (Å²) in [6.45, 7) is 1.32. The zero-order valence-electron chi connectivity index (χ0n) is 10.8. The summed E-state index contributed by atoms with van der Waals surface area (Å²) in [5.74, 6) is -0.314. The monoisotopic (exact) mass is 382 g/mol. The smallest absolute Gasteiger partial charge is 0.270 e. The maximum atomic E-state index is 12.2. The van der Waals surface area contributed by atoms with Crippen molar-refractivity contribution in [3.63, 3.8) is 0 Å². The summed E-state index contributed by atoms with van der Waals surface area (Å²) in [6, 6.07) is -0.137. The van der Waals surface area contributed by atoms with E-state index in [-0.39, 0.29) is 26.2 Å². The third kappa shape index (κ3) is 3.96. The molecule has 1 amide bonds. The number of alkyl halides is 1. The van der Waals surface area contributed by atoms with Gasteiger partial charge in [0, 0.05) is 17.8 Å². The van der Waals surface area contributed by atoms with Crippen LogP contribution in [0.25, 0.3) is 0 Å². The van der Waals surface area contributed by atoms with E-state index in [1.54, 1.807) is 0 Å². The molecule has 0 saturated heterocycles. The van der Waals surface area contributed by atoms with Gasteiger partial charge in [-0.2, -0.15) is 0 Å². The highest BCUT2D eigenvalue weighted by Gasteiger charge is 2.30. The Morgan fingerprint density at radius 2 is 2.05 bits per heavy atom. The maximum Gasteiger partial charge on any atom is 0.270 e. The van der Waals surface area contributed by atoms with Gasteiger partial charge in [-0.15, -0.1) is 10.2 Å². The molecule has 2 atom stereocenters. The Kier molecular flexibility index (Phi) is 5.10. The summed E-state index contributed by atoms with van der Waals surface area (Å²) in [4.78, 5) is 11.0. The molecule has 2 unspecified atom stereocenters. The lowest BCUT2D eigenvalue weighted by Gasteiger charge is -2.27. The first-order valence-corrected chi connectivity index (χ1v) is 9.37. The number of halogens is 1. The minimum absolute atomic E-state index is 0.133. The number of anilines is 1. The molecular formula is C10H15BrN4O3S2. The van der Waals surface area contributed by atoms with Crippen LogP contribution in [0.4, 0.5) is 5.13 Å². The molecule has 0 bridgehead atoms. The lowest BCUT2D eigenvalue weighted by Crippen LogP contribution is -2.42. The summed E-state index contributed by atoms with van der Waals surface area (Å²) in [6.07, 6.45) is 3.84. The summed E-state index contributed by atoms with van der Waals surface area (Å²) < 4.78 is 26.9. The van der Waals surface area contributed by atoms with E-state index < -0.39 is 10.0 Å². The van der Waals surface area contributed by atoms with Gasteiger partial charge in [0.25, 0.3) is 10.0 Å². The molecule has 0 spiro atoms. The van der Waals surface area contributed by atoms with Gasteiger partial charge in [-0.3, -0.25) is 4.79 Å². The van der Waals surface area contributed by atoms with Crippen LogP contribution < -0.4 is 10.0 Å². The van der Waals surface area contributed by atoms with Crippen molar-refractivity contribution < 1.29 is 13.2 Å². The fraction of sp³-hybridized carbons (Fsp3) is 0.700. The zero-order chi connectivity index (χ0) is 14.8. The Morgan fingerprint density at radius 3 is 2.70 bits per heavy atom. The Balaban J connectivity index is 2.09. The fourth-order valence-electron chi connectivity index (χ4n) is 1.99. The van der Waals surface area contributed by atoms with Gasteiger partial charge in [0.05, 0.1) is 0 Å². The summed E-state index contributed by atoms with van der Waals surface area (Å²) in [7, 11) is -3.69. The second kappa shape index (κ2) is 6.46. The van der Waals surface area contributed by atoms with E-state index in [1.165, 1.54) is 6.92 Å². The number of carbonyl (C=O) groups excluding carboxylic acids is 1. The second-order valence-electron chi connectivity index (χ2n) is 4.58. The topological polar surface area (TPSA) is 101 Å². The van der Waals surface area contributed by atoms with E-state index >= 15 is 0 Å². The Labute approximate surface area is 129 Å². The van der Waals surface area contributed by atoms with Crippen LogP contribution >= 0.6 is 27.3 Å². The molecule has 20 heavy (non-hydrogen) atoms. The van der Waals surface area contributed by atoms with Crippen molar-refractivity contribution in [1.29, 1.82) is 0 Å². The molecule has 1 heterocycles. The average molecular weight is 383 g/mol. The van der Waals surface area contributed by atoms with E-state index in [2.05, 4.69) is 36.2 Å². The van der Waals surface area contributed by atoms with Crippen molar-refractivity contribution in [3.05, 3.63) is 0 Å². The highest BCUT2D eigenvalue weighted by Crippen LogP contribution is 2.27. The number of sulfonamides is 1. The third-order valence-corrected chi connectivity index (χ3v) is 6.70. The number of nitrogens with one attached hydrogen (secondary N) is 2. The van der Waals surface area contributed by atoms with Crippen LogP contribution in [-0.4, -0.2) is 35.4 Å². The Bertz CT molecular complexity index is 589. The number of aromatic nitrogens is 2. The quantitative estimate of drug-likeness (QED) is 0.606. The molecule has 1 aliphatic carbocycles. The molecular weight excluding hydrogens is 368 g/mol. The summed E-state index contributed by atoms with van der Waals surface area (Å²) in [5.41, 5.74) is 0. The van der Waals surface area contributed by atoms with Crippen molar-refractivity contribution in [1.82, 2.24) is 14.9 Å². The van der Waals surface area contributed by atoms with Crippen LogP contribution in [0.3, 0.4) is 0 Å². The van der Waals surface area contributed by atoms with E-state index in [0.29, 0.717) is 0 Å². The molecule has 10 heteroatoms. The SMILES string of the molecule is CC(=O)Nc1nnc(S(=O)(=O)NC2CCCCC2Br)s1. The van der Waals surface area contributed by atoms with Crippen LogP contribution in [-0.2, 0) is 14.8 Å². The van der Waals surface area contributed by atoms with Gasteiger partial charge in [0.1, 0.15) is 0 Å². The number of hydrogen-bond acceptors (Lipinski definition) is 6. The first-order chi connectivity index (χ1) is 9.38. The average Bonchev–Trinajstić information content (AvgIpc) is 2.80. The second-order valence-corrected chi connectivity index (χ2v) is 8.62. The van der Waals surface area contributed by atoms with Crippen LogP contribution in [0.1, 0.15) is 32.6 Å². The van der Waals surface area contributed by atoms with Crippen molar-refractivity contribution >= 4 is 48.3 Å². The van der Waals surface area contributed by atoms with E-state index in [1.807, 2.05) is 0 Å². The molecule has 0 aliphatic heterocycles. The van der Waals surface area contributed by atoms with Crippen LogP contribution in [0, 0.1) is 0 Å². The van der Waals surface area contributed by atoms with Crippen molar-refractivity contribution in [3.8, 4) is 0 Å². The van der Waals surface area contributed by atoms with Crippen LogP contribution in [0.5, 0.6) is 0 Å². The van der Waals surface area contributed by atoms with Gasteiger partial charge in [-0.25, -0.2) is 13.1 Å². The fourth-order valence-corrected chi connectivity index (χ4v) is 5.16. The molecule has 2 rings (SSSR count). The van der Waals surface area contributed by atoms with Gasteiger partial charge >= 0.3 is 0 Å². The highest BCUT2D eigenvalue weighted by atomic mass is 79.9. The van der Waals surface area contributed by atoms with E-state index in [4.69, 9.17) is 0 Å². The molecule has 1 aromatic rings. The zero-order valence-corrected chi connectivity index (χ0v) is 14.0. The number of rotatable bonds is 4. The molecule has 1 saturated carbocycles. The number of hydrogen-bond donors (Lipinski definition) is 2. The first kappa shape index (κ1) is 15.8. The molecule has 0 radical (unpaired) electrons. The lowest BCUT2D eigenvalue weighted by molar-refractivity contribution is -0.114. The number of amides is 1. The molecule has 112 valence electrons. The predicted octanol–water partition coefficient (Wildman–Crippen LogP) is 1.48. The van der Waals surface area contributed by atoms with Gasteiger partial charge < -0.3 is 5.32 Å². The third-order valence-electron chi connectivity index (χ3n) is 2.91. The largest absolute Gasteiger partial charge is 0.301 e. The molecule has 1 aliphatic rings. The van der Waals surface area contributed by atoms with Crippen LogP contribution in [0.2, 0.25) is 0 Å².